The predicted octanol–water partition coefficient (Wildman–Crippen LogP) is 2.51. The van der Waals surface area contributed by atoms with Crippen LogP contribution in [0.2, 0.25) is 0 Å². The number of amides is 2. The lowest BCUT2D eigenvalue weighted by Gasteiger charge is -2.13. The van der Waals surface area contributed by atoms with Crippen LogP contribution in [0.4, 0.5) is 29.3 Å². The number of aliphatic hydroxyl groups excluding tert-OH is 1. The molecule has 0 bridgehead atoms. The molecular weight excluding hydrogens is 319 g/mol. The van der Waals surface area contributed by atoms with E-state index in [1.807, 2.05) is 0 Å². The van der Waals surface area contributed by atoms with Crippen molar-refractivity contribution in [2.75, 3.05) is 11.9 Å². The lowest BCUT2D eigenvalue weighted by atomic mass is 10.1. The first-order chi connectivity index (χ1) is 10.7. The van der Waals surface area contributed by atoms with E-state index in [1.54, 1.807) is 0 Å². The second-order valence-corrected chi connectivity index (χ2v) is 5.23. The van der Waals surface area contributed by atoms with Gasteiger partial charge in [-0.15, -0.1) is 0 Å². The largest absolute Gasteiger partial charge is 0.423 e. The molecule has 1 fully saturated rings. The Labute approximate surface area is 128 Å². The first kappa shape index (κ1) is 17.0. The van der Waals surface area contributed by atoms with Crippen molar-refractivity contribution in [3.05, 3.63) is 33.9 Å². The van der Waals surface area contributed by atoms with Gasteiger partial charge in [0.1, 0.15) is 5.56 Å². The third kappa shape index (κ3) is 4.55. The highest BCUT2D eigenvalue weighted by Gasteiger charge is 2.38. The van der Waals surface area contributed by atoms with Gasteiger partial charge in [-0.3, -0.25) is 10.1 Å². The van der Waals surface area contributed by atoms with Crippen molar-refractivity contribution in [2.24, 2.45) is 5.92 Å². The fourth-order valence-corrected chi connectivity index (χ4v) is 2.02. The maximum atomic E-state index is 12.8. The number of benzene rings is 1. The third-order valence-corrected chi connectivity index (χ3v) is 3.39. The fourth-order valence-electron chi connectivity index (χ4n) is 2.02. The van der Waals surface area contributed by atoms with Crippen LogP contribution in [-0.4, -0.2) is 28.7 Å². The molecule has 3 N–H and O–H groups in total. The van der Waals surface area contributed by atoms with Crippen LogP contribution in [0.5, 0.6) is 0 Å². The van der Waals surface area contributed by atoms with Crippen molar-refractivity contribution in [2.45, 2.75) is 25.1 Å². The number of rotatable bonds is 5. The first-order valence-electron chi connectivity index (χ1n) is 6.77. The van der Waals surface area contributed by atoms with Gasteiger partial charge < -0.3 is 15.7 Å². The molecule has 0 aliphatic heterocycles. The number of nitrogens with zero attached hydrogens (tertiary/aromatic N) is 1. The van der Waals surface area contributed by atoms with Gasteiger partial charge in [0, 0.05) is 18.3 Å². The van der Waals surface area contributed by atoms with Gasteiger partial charge in [-0.2, -0.15) is 13.2 Å². The highest BCUT2D eigenvalue weighted by Crippen LogP contribution is 2.37. The molecule has 1 aromatic carbocycles. The Kier molecular flexibility index (Phi) is 4.73. The summed E-state index contributed by atoms with van der Waals surface area (Å²) >= 11 is 0. The van der Waals surface area contributed by atoms with Gasteiger partial charge in [-0.05, 0) is 30.9 Å². The number of hydrogen-bond acceptors (Lipinski definition) is 4. The Morgan fingerprint density at radius 3 is 2.61 bits per heavy atom. The Hall–Kier alpha value is -2.36. The average molecular weight is 333 g/mol. The lowest BCUT2D eigenvalue weighted by molar-refractivity contribution is -0.388. The minimum atomic E-state index is -4.92. The van der Waals surface area contributed by atoms with Gasteiger partial charge in [0.25, 0.3) is 5.69 Å². The number of nitro benzene ring substituents is 1. The molecule has 10 heteroatoms. The van der Waals surface area contributed by atoms with Crippen molar-refractivity contribution in [3.8, 4) is 0 Å². The van der Waals surface area contributed by atoms with Crippen LogP contribution in [0, 0.1) is 16.0 Å². The molecule has 7 nitrogen and oxygen atoms in total. The Bertz CT molecular complexity index is 617. The molecule has 0 heterocycles. The molecule has 1 aliphatic rings. The normalized spacial score (nSPS) is 15.8. The molecule has 1 saturated carbocycles. The summed E-state index contributed by atoms with van der Waals surface area (Å²) in [6.45, 7) is -0.0182. The third-order valence-electron chi connectivity index (χ3n) is 3.39. The molecule has 0 aromatic heterocycles. The smallest absolute Gasteiger partial charge is 0.391 e. The minimum absolute atomic E-state index is 0.0182. The van der Waals surface area contributed by atoms with Crippen LogP contribution in [0.25, 0.3) is 0 Å². The number of nitro groups is 1. The van der Waals surface area contributed by atoms with E-state index in [1.165, 1.54) is 0 Å². The van der Waals surface area contributed by atoms with Crippen LogP contribution in [0.3, 0.4) is 0 Å². The molecule has 1 unspecified atom stereocenters. The number of hydrogen-bond donors (Lipinski definition) is 3. The monoisotopic (exact) mass is 333 g/mol. The number of nitrogens with one attached hydrogen (secondary N) is 2. The molecule has 0 radical (unpaired) electrons. The van der Waals surface area contributed by atoms with Crippen molar-refractivity contribution in [1.29, 1.82) is 0 Å². The van der Waals surface area contributed by atoms with E-state index in [2.05, 4.69) is 10.6 Å². The molecule has 23 heavy (non-hydrogen) atoms. The maximum Gasteiger partial charge on any atom is 0.423 e. The van der Waals surface area contributed by atoms with Gasteiger partial charge in [-0.25, -0.2) is 4.79 Å². The number of alkyl halides is 3. The Morgan fingerprint density at radius 2 is 2.09 bits per heavy atom. The van der Waals surface area contributed by atoms with E-state index in [0.717, 1.165) is 18.9 Å². The molecule has 126 valence electrons. The SMILES string of the molecule is O=C(NCC(O)C1CC1)Nc1ccc([N+](=O)[O-])c(C(F)(F)F)c1. The summed E-state index contributed by atoms with van der Waals surface area (Å²) in [6.07, 6.45) is -3.86. The van der Waals surface area contributed by atoms with E-state index in [4.69, 9.17) is 0 Å². The van der Waals surface area contributed by atoms with Crippen LogP contribution in [-0.2, 0) is 6.18 Å². The van der Waals surface area contributed by atoms with Crippen molar-refractivity contribution in [3.63, 3.8) is 0 Å². The summed E-state index contributed by atoms with van der Waals surface area (Å²) in [5, 5.41) is 24.7. The van der Waals surface area contributed by atoms with Gasteiger partial charge in [-0.1, -0.05) is 0 Å². The standard InChI is InChI=1S/C13H14F3N3O4/c14-13(15,16)9-5-8(3-4-10(9)19(22)23)18-12(21)17-6-11(20)7-1-2-7/h3-5,7,11,20H,1-2,6H2,(H2,17,18,21). The van der Waals surface area contributed by atoms with Crippen LogP contribution >= 0.6 is 0 Å². The number of anilines is 1. The number of aliphatic hydroxyl groups is 1. The summed E-state index contributed by atoms with van der Waals surface area (Å²) in [5.41, 5.74) is -2.77. The van der Waals surface area contributed by atoms with E-state index in [9.17, 15) is 33.2 Å². The summed E-state index contributed by atoms with van der Waals surface area (Å²) in [7, 11) is 0. The van der Waals surface area contributed by atoms with E-state index < -0.39 is 34.5 Å². The Morgan fingerprint density at radius 1 is 1.43 bits per heavy atom. The molecule has 1 atom stereocenters. The zero-order chi connectivity index (χ0) is 17.2. The molecule has 0 saturated heterocycles. The summed E-state index contributed by atoms with van der Waals surface area (Å²) in [4.78, 5) is 21.1. The molecular formula is C13H14F3N3O4. The average Bonchev–Trinajstić information content (AvgIpc) is 3.28. The van der Waals surface area contributed by atoms with Crippen molar-refractivity contribution < 1.29 is 28.0 Å². The van der Waals surface area contributed by atoms with E-state index >= 15 is 0 Å². The molecule has 1 aliphatic carbocycles. The van der Waals surface area contributed by atoms with Gasteiger partial charge in [0.2, 0.25) is 0 Å². The quantitative estimate of drug-likeness (QED) is 0.569. The van der Waals surface area contributed by atoms with Gasteiger partial charge >= 0.3 is 12.2 Å². The van der Waals surface area contributed by atoms with Crippen molar-refractivity contribution in [1.82, 2.24) is 5.32 Å². The number of carbonyl (C=O) groups is 1. The number of urea groups is 1. The minimum Gasteiger partial charge on any atom is -0.391 e. The van der Waals surface area contributed by atoms with E-state index in [0.29, 0.717) is 12.1 Å². The summed E-state index contributed by atoms with van der Waals surface area (Å²) < 4.78 is 38.4. The van der Waals surface area contributed by atoms with Gasteiger partial charge in [0.05, 0.1) is 11.0 Å². The second kappa shape index (κ2) is 6.41. The van der Waals surface area contributed by atoms with Crippen molar-refractivity contribution >= 4 is 17.4 Å². The zero-order valence-corrected chi connectivity index (χ0v) is 11.8. The lowest BCUT2D eigenvalue weighted by Crippen LogP contribution is -2.36. The molecule has 1 aromatic rings. The van der Waals surface area contributed by atoms with Crippen LogP contribution in [0.15, 0.2) is 18.2 Å². The molecule has 2 amide bonds. The van der Waals surface area contributed by atoms with E-state index in [-0.39, 0.29) is 18.2 Å². The summed E-state index contributed by atoms with van der Waals surface area (Å²) in [5.74, 6) is 0.145. The molecule has 2 rings (SSSR count). The fraction of sp³-hybridized carbons (Fsp3) is 0.462. The Balaban J connectivity index is 2.04. The first-order valence-corrected chi connectivity index (χ1v) is 6.77. The second-order valence-electron chi connectivity index (χ2n) is 5.23. The zero-order valence-electron chi connectivity index (χ0n) is 11.8. The predicted molar refractivity (Wildman–Crippen MR) is 73.9 cm³/mol. The highest BCUT2D eigenvalue weighted by molar-refractivity contribution is 5.89. The van der Waals surface area contributed by atoms with Gasteiger partial charge in [0.15, 0.2) is 0 Å². The number of carbonyl (C=O) groups excluding carboxylic acids is 1. The van der Waals surface area contributed by atoms with Crippen LogP contribution < -0.4 is 10.6 Å². The molecule has 0 spiro atoms. The highest BCUT2D eigenvalue weighted by atomic mass is 19.4. The van der Waals surface area contributed by atoms with Crippen LogP contribution in [0.1, 0.15) is 18.4 Å². The maximum absolute atomic E-state index is 12.8. The summed E-state index contributed by atoms with van der Waals surface area (Å²) in [6, 6.07) is 1.38. The number of halogens is 3. The topological polar surface area (TPSA) is 104 Å².